The van der Waals surface area contributed by atoms with E-state index in [4.69, 9.17) is 0 Å². The number of aliphatic hydroxyl groups excluding tert-OH is 6. The highest BCUT2D eigenvalue weighted by molar-refractivity contribution is 4.72. The average Bonchev–Trinajstić information content (AvgIpc) is 2.87. The molecule has 1 heterocycles. The minimum Gasteiger partial charge on any atom is -0.395 e. The van der Waals surface area contributed by atoms with Crippen molar-refractivity contribution in [2.45, 2.75) is 0 Å². The molecule has 0 aromatic heterocycles. The van der Waals surface area contributed by atoms with Crippen LogP contribution in [-0.4, -0.2) is 217 Å². The Bertz CT molecular complexity index is 365. The van der Waals surface area contributed by atoms with E-state index in [2.05, 4.69) is 29.4 Å². The van der Waals surface area contributed by atoms with Crippen LogP contribution >= 0.6 is 0 Å². The summed E-state index contributed by atoms with van der Waals surface area (Å²) in [5, 5.41) is 57.4. The molecule has 216 valence electrons. The molecule has 0 saturated carbocycles. The van der Waals surface area contributed by atoms with Crippen LogP contribution in [0.25, 0.3) is 0 Å². The van der Waals surface area contributed by atoms with Gasteiger partial charge in [-0.2, -0.15) is 0 Å². The molecule has 12 heteroatoms. The predicted octanol–water partition coefficient (Wildman–Crippen LogP) is -4.23. The maximum atomic E-state index is 9.57. The van der Waals surface area contributed by atoms with Gasteiger partial charge in [-0.3, -0.25) is 29.4 Å². The Hall–Kier alpha value is -0.480. The van der Waals surface area contributed by atoms with Crippen molar-refractivity contribution in [1.29, 1.82) is 0 Å². The molecule has 36 heavy (non-hydrogen) atoms. The average molecular weight is 523 g/mol. The Balaban J connectivity index is 2.98. The van der Waals surface area contributed by atoms with Crippen LogP contribution in [0.1, 0.15) is 0 Å². The summed E-state index contributed by atoms with van der Waals surface area (Å²) < 4.78 is 0. The Morgan fingerprint density at radius 3 is 0.444 bits per heavy atom. The van der Waals surface area contributed by atoms with Gasteiger partial charge in [0.2, 0.25) is 0 Å². The summed E-state index contributed by atoms with van der Waals surface area (Å²) in [5.74, 6) is 0. The van der Waals surface area contributed by atoms with E-state index < -0.39 is 0 Å². The minimum atomic E-state index is 0.0822. The first kappa shape index (κ1) is 33.5. The van der Waals surface area contributed by atoms with Gasteiger partial charge in [-0.25, -0.2) is 0 Å². The summed E-state index contributed by atoms with van der Waals surface area (Å²) in [6, 6.07) is 0. The van der Waals surface area contributed by atoms with Crippen molar-refractivity contribution in [2.75, 3.05) is 157 Å². The van der Waals surface area contributed by atoms with Gasteiger partial charge in [-0.05, 0) is 0 Å². The van der Waals surface area contributed by atoms with Crippen LogP contribution in [0.4, 0.5) is 0 Å². The van der Waals surface area contributed by atoms with Gasteiger partial charge in [-0.1, -0.05) is 0 Å². The summed E-state index contributed by atoms with van der Waals surface area (Å²) in [6.45, 7) is 13.2. The van der Waals surface area contributed by atoms with Crippen molar-refractivity contribution in [3.8, 4) is 0 Å². The first-order valence-electron chi connectivity index (χ1n) is 13.6. The van der Waals surface area contributed by atoms with E-state index in [1.54, 1.807) is 0 Å². The minimum absolute atomic E-state index is 0.0822. The molecule has 1 aliphatic rings. The Morgan fingerprint density at radius 2 is 0.361 bits per heavy atom. The molecule has 0 radical (unpaired) electrons. The molecular formula is C24H54N6O6. The number of rotatable bonds is 12. The molecule has 12 nitrogen and oxygen atoms in total. The standard InChI is InChI=1S/C24H54N6O6/c31-19-13-25-1-2-26(14-20-32)5-6-28(16-22-34)9-10-30(18-24-36)12-11-29(17-23-35)8-7-27(4-3-25)15-21-33/h31-36H,1-24H2. The smallest absolute Gasteiger partial charge is 0.0558 e. The third kappa shape index (κ3) is 15.7. The van der Waals surface area contributed by atoms with E-state index >= 15 is 0 Å². The number of hydrogen-bond acceptors (Lipinski definition) is 12. The second-order valence-electron chi connectivity index (χ2n) is 9.39. The van der Waals surface area contributed by atoms with E-state index in [9.17, 15) is 30.6 Å². The van der Waals surface area contributed by atoms with Crippen molar-refractivity contribution < 1.29 is 30.6 Å². The van der Waals surface area contributed by atoms with Crippen LogP contribution in [0.5, 0.6) is 0 Å². The maximum absolute atomic E-state index is 9.57. The largest absolute Gasteiger partial charge is 0.395 e. The lowest BCUT2D eigenvalue weighted by molar-refractivity contribution is 0.0984. The van der Waals surface area contributed by atoms with Crippen LogP contribution < -0.4 is 0 Å². The maximum Gasteiger partial charge on any atom is 0.0558 e. The van der Waals surface area contributed by atoms with Gasteiger partial charge in [0, 0.05) is 118 Å². The molecule has 1 aliphatic heterocycles. The summed E-state index contributed by atoms with van der Waals surface area (Å²) in [5.41, 5.74) is 0. The fourth-order valence-corrected chi connectivity index (χ4v) is 4.56. The normalized spacial score (nSPS) is 21.5. The van der Waals surface area contributed by atoms with Crippen LogP contribution in [0.2, 0.25) is 0 Å². The van der Waals surface area contributed by atoms with Gasteiger partial charge < -0.3 is 30.6 Å². The molecule has 1 saturated heterocycles. The predicted molar refractivity (Wildman–Crippen MR) is 141 cm³/mol. The molecule has 0 amide bonds. The van der Waals surface area contributed by atoms with Crippen LogP contribution in [0.3, 0.4) is 0 Å². The number of aliphatic hydroxyl groups is 6. The zero-order valence-electron chi connectivity index (χ0n) is 22.3. The fraction of sp³-hybridized carbons (Fsp3) is 1.00. The first-order valence-corrected chi connectivity index (χ1v) is 13.6. The van der Waals surface area contributed by atoms with Gasteiger partial charge >= 0.3 is 0 Å². The van der Waals surface area contributed by atoms with Gasteiger partial charge in [0.1, 0.15) is 0 Å². The molecule has 6 N–H and O–H groups in total. The van der Waals surface area contributed by atoms with Crippen molar-refractivity contribution in [3.63, 3.8) is 0 Å². The second-order valence-corrected chi connectivity index (χ2v) is 9.39. The summed E-state index contributed by atoms with van der Waals surface area (Å²) in [6.07, 6.45) is 0. The van der Waals surface area contributed by atoms with E-state index in [0.29, 0.717) is 39.3 Å². The molecule has 0 atom stereocenters. The molecule has 0 bridgehead atoms. The van der Waals surface area contributed by atoms with E-state index in [-0.39, 0.29) is 39.6 Å². The Kier molecular flexibility index (Phi) is 21.0. The molecule has 0 aromatic rings. The Morgan fingerprint density at radius 1 is 0.250 bits per heavy atom. The molecule has 0 aromatic carbocycles. The molecule has 0 unspecified atom stereocenters. The van der Waals surface area contributed by atoms with Gasteiger partial charge in [0.25, 0.3) is 0 Å². The number of β-amino-alcohol motifs (C(OH)–C–C–N with tert-alkyl or cyclic N) is 6. The monoisotopic (exact) mass is 522 g/mol. The third-order valence-corrected chi connectivity index (χ3v) is 6.89. The van der Waals surface area contributed by atoms with Crippen LogP contribution in [-0.2, 0) is 0 Å². The highest BCUT2D eigenvalue weighted by Gasteiger charge is 2.16. The highest BCUT2D eigenvalue weighted by Crippen LogP contribution is 2.01. The zero-order valence-corrected chi connectivity index (χ0v) is 22.3. The van der Waals surface area contributed by atoms with E-state index in [1.165, 1.54) is 0 Å². The molecule has 1 rings (SSSR count). The fourth-order valence-electron chi connectivity index (χ4n) is 4.56. The zero-order chi connectivity index (χ0) is 26.4. The van der Waals surface area contributed by atoms with Crippen LogP contribution in [0.15, 0.2) is 0 Å². The number of hydrogen-bond donors (Lipinski definition) is 6. The van der Waals surface area contributed by atoms with Crippen molar-refractivity contribution in [1.82, 2.24) is 29.4 Å². The molecular weight excluding hydrogens is 468 g/mol. The molecule has 1 fully saturated rings. The lowest BCUT2D eigenvalue weighted by Crippen LogP contribution is -2.47. The first-order chi connectivity index (χ1) is 17.6. The molecule has 0 spiro atoms. The van der Waals surface area contributed by atoms with Gasteiger partial charge in [-0.15, -0.1) is 0 Å². The van der Waals surface area contributed by atoms with E-state index in [1.807, 2.05) is 0 Å². The lowest BCUT2D eigenvalue weighted by Gasteiger charge is -2.33. The van der Waals surface area contributed by atoms with Crippen LogP contribution in [0, 0.1) is 0 Å². The topological polar surface area (TPSA) is 141 Å². The van der Waals surface area contributed by atoms with Gasteiger partial charge in [0.05, 0.1) is 39.6 Å². The summed E-state index contributed by atoms with van der Waals surface area (Å²) >= 11 is 0. The lowest BCUT2D eigenvalue weighted by atomic mass is 10.3. The molecule has 0 aliphatic carbocycles. The number of nitrogens with zero attached hydrogens (tertiary/aromatic N) is 6. The quantitative estimate of drug-likeness (QED) is 0.148. The third-order valence-electron chi connectivity index (χ3n) is 6.89. The highest BCUT2D eigenvalue weighted by atomic mass is 16.3. The van der Waals surface area contributed by atoms with Crippen molar-refractivity contribution in [3.05, 3.63) is 0 Å². The van der Waals surface area contributed by atoms with E-state index in [0.717, 1.165) is 78.5 Å². The van der Waals surface area contributed by atoms with Crippen molar-refractivity contribution in [2.24, 2.45) is 0 Å². The van der Waals surface area contributed by atoms with Gasteiger partial charge in [0.15, 0.2) is 0 Å². The summed E-state index contributed by atoms with van der Waals surface area (Å²) in [4.78, 5) is 13.3. The SMILES string of the molecule is OCCN1CCN(CCO)CCN(CCO)CCN(CCO)CCN(CCO)CCN(CCO)CC1. The van der Waals surface area contributed by atoms with Crippen molar-refractivity contribution >= 4 is 0 Å². The second kappa shape index (κ2) is 22.5. The Labute approximate surface area is 217 Å². The summed E-state index contributed by atoms with van der Waals surface area (Å²) in [7, 11) is 0.